The van der Waals surface area contributed by atoms with Gasteiger partial charge in [-0.25, -0.2) is 9.59 Å². The summed E-state index contributed by atoms with van der Waals surface area (Å²) < 4.78 is 11.3. The number of rotatable bonds is 8. The predicted molar refractivity (Wildman–Crippen MR) is 112 cm³/mol. The summed E-state index contributed by atoms with van der Waals surface area (Å²) in [4.78, 5) is 36.0. The second-order valence-corrected chi connectivity index (χ2v) is 8.19. The molecule has 1 aliphatic rings. The van der Waals surface area contributed by atoms with Crippen LogP contribution in [0.3, 0.4) is 0 Å². The van der Waals surface area contributed by atoms with Gasteiger partial charge in [0.2, 0.25) is 0 Å². The summed E-state index contributed by atoms with van der Waals surface area (Å²) in [5.41, 5.74) is 2.60. The molecule has 1 aliphatic carbocycles. The molecular formula is C21H25NO6S. The Bertz CT molecular complexity index is 999. The van der Waals surface area contributed by atoms with Crippen molar-refractivity contribution in [1.29, 1.82) is 0 Å². The standard InChI is InChI=1S/C21H25NO6S/c1-11-17(27-12(2)19(23)22-16(20(24)25)9-10-29-3)8-7-14-13-5-4-6-15(13)21(26)28-18(11)14/h7-8,12,16H,4-6,9-10H2,1-3H3,(H,22,23)(H,24,25). The molecule has 1 aromatic carbocycles. The van der Waals surface area contributed by atoms with Crippen LogP contribution in [-0.2, 0) is 22.4 Å². The summed E-state index contributed by atoms with van der Waals surface area (Å²) in [5.74, 6) is -0.526. The summed E-state index contributed by atoms with van der Waals surface area (Å²) in [7, 11) is 0. The van der Waals surface area contributed by atoms with Crippen LogP contribution in [0.1, 0.15) is 36.5 Å². The number of aryl methyl sites for hydroxylation is 2. The van der Waals surface area contributed by atoms with E-state index in [4.69, 9.17) is 9.15 Å². The molecule has 8 heteroatoms. The Hall–Kier alpha value is -2.48. The highest BCUT2D eigenvalue weighted by atomic mass is 32.2. The Kier molecular flexibility index (Phi) is 6.52. The van der Waals surface area contributed by atoms with E-state index < -0.39 is 24.0 Å². The first-order valence-corrected chi connectivity index (χ1v) is 11.0. The lowest BCUT2D eigenvalue weighted by atomic mass is 10.0. The number of hydrogen-bond donors (Lipinski definition) is 2. The van der Waals surface area contributed by atoms with Crippen molar-refractivity contribution in [2.45, 2.75) is 51.7 Å². The van der Waals surface area contributed by atoms with Gasteiger partial charge < -0.3 is 19.6 Å². The molecule has 1 aromatic heterocycles. The van der Waals surface area contributed by atoms with Crippen LogP contribution in [0.2, 0.25) is 0 Å². The smallest absolute Gasteiger partial charge is 0.339 e. The highest BCUT2D eigenvalue weighted by Gasteiger charge is 2.25. The first kappa shape index (κ1) is 21.2. The average molecular weight is 419 g/mol. The summed E-state index contributed by atoms with van der Waals surface area (Å²) in [6, 6.07) is 2.66. The molecule has 0 aliphatic heterocycles. The average Bonchev–Trinajstić information content (AvgIpc) is 3.18. The number of aliphatic carboxylic acids is 1. The minimum absolute atomic E-state index is 0.311. The molecule has 156 valence electrons. The number of amides is 1. The molecule has 0 fully saturated rings. The molecule has 0 saturated heterocycles. The van der Waals surface area contributed by atoms with E-state index in [1.54, 1.807) is 19.9 Å². The molecule has 2 atom stereocenters. The van der Waals surface area contributed by atoms with Crippen LogP contribution in [0.25, 0.3) is 11.0 Å². The van der Waals surface area contributed by atoms with E-state index in [1.807, 2.05) is 12.3 Å². The number of fused-ring (bicyclic) bond motifs is 3. The van der Waals surface area contributed by atoms with Gasteiger partial charge in [0.25, 0.3) is 5.91 Å². The van der Waals surface area contributed by atoms with E-state index in [1.165, 1.54) is 11.8 Å². The van der Waals surface area contributed by atoms with Crippen LogP contribution in [0, 0.1) is 6.92 Å². The van der Waals surface area contributed by atoms with Gasteiger partial charge in [-0.15, -0.1) is 0 Å². The van der Waals surface area contributed by atoms with Gasteiger partial charge in [-0.05, 0) is 69.2 Å². The van der Waals surface area contributed by atoms with E-state index in [0.717, 1.165) is 35.8 Å². The van der Waals surface area contributed by atoms with E-state index >= 15 is 0 Å². The summed E-state index contributed by atoms with van der Waals surface area (Å²) in [5, 5.41) is 12.7. The SMILES string of the molecule is CSCCC(NC(=O)C(C)Oc1ccc2c3c(c(=O)oc2c1C)CCC3)C(=O)O. The molecule has 0 spiro atoms. The highest BCUT2D eigenvalue weighted by Crippen LogP contribution is 2.33. The van der Waals surface area contributed by atoms with Crippen LogP contribution < -0.4 is 15.7 Å². The van der Waals surface area contributed by atoms with Crippen LogP contribution >= 0.6 is 11.8 Å². The second-order valence-electron chi connectivity index (χ2n) is 7.21. The maximum atomic E-state index is 12.4. The zero-order chi connectivity index (χ0) is 21.1. The lowest BCUT2D eigenvalue weighted by Crippen LogP contribution is -2.46. The van der Waals surface area contributed by atoms with E-state index in [-0.39, 0.29) is 5.63 Å². The van der Waals surface area contributed by atoms with Gasteiger partial charge in [0.1, 0.15) is 17.4 Å². The molecule has 2 unspecified atom stereocenters. The number of nitrogens with one attached hydrogen (secondary N) is 1. The largest absolute Gasteiger partial charge is 0.480 e. The van der Waals surface area contributed by atoms with Crippen molar-refractivity contribution in [3.8, 4) is 5.75 Å². The molecule has 29 heavy (non-hydrogen) atoms. The first-order valence-electron chi connectivity index (χ1n) is 9.60. The van der Waals surface area contributed by atoms with Gasteiger partial charge in [0.05, 0.1) is 0 Å². The van der Waals surface area contributed by atoms with Crippen molar-refractivity contribution >= 4 is 34.6 Å². The number of thioether (sulfide) groups is 1. The lowest BCUT2D eigenvalue weighted by molar-refractivity contribution is -0.142. The monoisotopic (exact) mass is 419 g/mol. The Morgan fingerprint density at radius 1 is 1.31 bits per heavy atom. The Labute approximate surface area is 172 Å². The molecule has 0 bridgehead atoms. The van der Waals surface area contributed by atoms with Gasteiger partial charge in [0.15, 0.2) is 6.10 Å². The zero-order valence-electron chi connectivity index (χ0n) is 16.7. The minimum Gasteiger partial charge on any atom is -0.480 e. The first-order chi connectivity index (χ1) is 13.8. The van der Waals surface area contributed by atoms with Crippen molar-refractivity contribution < 1.29 is 23.8 Å². The minimum atomic E-state index is -1.07. The Morgan fingerprint density at radius 2 is 2.03 bits per heavy atom. The molecule has 0 radical (unpaired) electrons. The molecular weight excluding hydrogens is 394 g/mol. The van der Waals surface area contributed by atoms with Crippen LogP contribution in [0.5, 0.6) is 5.75 Å². The Balaban J connectivity index is 1.80. The lowest BCUT2D eigenvalue weighted by Gasteiger charge is -2.20. The quantitative estimate of drug-likeness (QED) is 0.634. The molecule has 1 heterocycles. The topological polar surface area (TPSA) is 106 Å². The van der Waals surface area contributed by atoms with Gasteiger partial charge in [-0.2, -0.15) is 11.8 Å². The van der Waals surface area contributed by atoms with Crippen molar-refractivity contribution in [1.82, 2.24) is 5.32 Å². The maximum Gasteiger partial charge on any atom is 0.339 e. The van der Waals surface area contributed by atoms with Crippen LogP contribution in [0.4, 0.5) is 0 Å². The summed E-state index contributed by atoms with van der Waals surface area (Å²) in [6.07, 6.45) is 3.84. The van der Waals surface area contributed by atoms with Gasteiger partial charge in [-0.3, -0.25) is 4.79 Å². The summed E-state index contributed by atoms with van der Waals surface area (Å²) in [6.45, 7) is 3.34. The molecule has 7 nitrogen and oxygen atoms in total. The molecule has 1 amide bonds. The maximum absolute atomic E-state index is 12.4. The van der Waals surface area contributed by atoms with Crippen molar-refractivity contribution in [2.24, 2.45) is 0 Å². The number of benzene rings is 1. The molecule has 2 N–H and O–H groups in total. The number of carboxylic acid groups (broad SMARTS) is 1. The van der Waals surface area contributed by atoms with Crippen LogP contribution in [-0.4, -0.2) is 41.1 Å². The number of hydrogen-bond acceptors (Lipinski definition) is 6. The van der Waals surface area contributed by atoms with Crippen LogP contribution in [0.15, 0.2) is 21.3 Å². The van der Waals surface area contributed by atoms with E-state index in [2.05, 4.69) is 5.32 Å². The zero-order valence-corrected chi connectivity index (χ0v) is 17.6. The normalized spacial score (nSPS) is 15.0. The number of carbonyl (C=O) groups is 2. The second kappa shape index (κ2) is 8.90. The highest BCUT2D eigenvalue weighted by molar-refractivity contribution is 7.98. The van der Waals surface area contributed by atoms with Gasteiger partial charge >= 0.3 is 11.6 Å². The third-order valence-electron chi connectivity index (χ3n) is 5.24. The molecule has 3 rings (SSSR count). The number of ether oxygens (including phenoxy) is 1. The predicted octanol–water partition coefficient (Wildman–Crippen LogP) is 2.68. The molecule has 0 saturated carbocycles. The fourth-order valence-electron chi connectivity index (χ4n) is 3.62. The van der Waals surface area contributed by atoms with Gasteiger partial charge in [-0.1, -0.05) is 0 Å². The van der Waals surface area contributed by atoms with E-state index in [9.17, 15) is 19.5 Å². The fraction of sp³-hybridized carbons (Fsp3) is 0.476. The number of carboxylic acids is 1. The van der Waals surface area contributed by atoms with Crippen molar-refractivity contribution in [3.05, 3.63) is 39.2 Å². The van der Waals surface area contributed by atoms with E-state index in [0.29, 0.717) is 29.1 Å². The fourth-order valence-corrected chi connectivity index (χ4v) is 4.09. The number of carbonyl (C=O) groups excluding carboxylic acids is 1. The third-order valence-corrected chi connectivity index (χ3v) is 5.88. The van der Waals surface area contributed by atoms with Crippen molar-refractivity contribution in [3.63, 3.8) is 0 Å². The molecule has 2 aromatic rings. The van der Waals surface area contributed by atoms with Crippen molar-refractivity contribution in [2.75, 3.05) is 12.0 Å². The summed E-state index contributed by atoms with van der Waals surface area (Å²) >= 11 is 1.52. The Morgan fingerprint density at radius 3 is 2.72 bits per heavy atom. The third kappa shape index (κ3) is 4.42. The van der Waals surface area contributed by atoms with Gasteiger partial charge in [0, 0.05) is 16.5 Å².